The van der Waals surface area contributed by atoms with E-state index in [1.165, 1.54) is 36.9 Å². The molecule has 2 aromatic rings. The first-order chi connectivity index (χ1) is 15.2. The van der Waals surface area contributed by atoms with Crippen LogP contribution in [0.1, 0.15) is 45.1 Å². The van der Waals surface area contributed by atoms with Crippen LogP contribution in [0.3, 0.4) is 0 Å². The van der Waals surface area contributed by atoms with E-state index in [9.17, 15) is 0 Å². The summed E-state index contributed by atoms with van der Waals surface area (Å²) in [5.41, 5.74) is 3.72. The van der Waals surface area contributed by atoms with E-state index in [2.05, 4.69) is 70.4 Å². The minimum Gasteiger partial charge on any atom is -0.362 e. The summed E-state index contributed by atoms with van der Waals surface area (Å²) in [5.74, 6) is 0. The maximum atomic E-state index is 5.52. The predicted molar refractivity (Wildman–Crippen MR) is 140 cm³/mol. The zero-order chi connectivity index (χ0) is 21.9. The van der Waals surface area contributed by atoms with E-state index in [1.54, 1.807) is 0 Å². The van der Waals surface area contributed by atoms with Crippen molar-refractivity contribution in [3.8, 4) is 0 Å². The highest BCUT2D eigenvalue weighted by molar-refractivity contribution is 7.80. The van der Waals surface area contributed by atoms with E-state index < -0.39 is 8.22 Å². The Morgan fingerprint density at radius 2 is 1.55 bits per heavy atom. The van der Waals surface area contributed by atoms with Crippen molar-refractivity contribution in [1.29, 1.82) is 0 Å². The molecule has 3 rings (SSSR count). The molecule has 31 heavy (non-hydrogen) atoms. The molecule has 1 aliphatic heterocycles. The van der Waals surface area contributed by atoms with Gasteiger partial charge in [0.2, 0.25) is 0 Å². The summed E-state index contributed by atoms with van der Waals surface area (Å²) in [6, 6.07) is 20.9. The Kier molecular flexibility index (Phi) is 9.64. The zero-order valence-corrected chi connectivity index (χ0v) is 20.5. The van der Waals surface area contributed by atoms with E-state index in [0.29, 0.717) is 5.11 Å². The predicted octanol–water partition coefficient (Wildman–Crippen LogP) is 6.50. The van der Waals surface area contributed by atoms with Crippen molar-refractivity contribution in [3.05, 3.63) is 72.4 Å². The average molecular weight is 455 g/mol. The van der Waals surface area contributed by atoms with E-state index >= 15 is 0 Å². The quantitative estimate of drug-likeness (QED) is 0.299. The van der Waals surface area contributed by atoms with E-state index in [0.717, 1.165) is 31.5 Å². The van der Waals surface area contributed by atoms with Crippen molar-refractivity contribution < 1.29 is 0 Å². The number of para-hydroxylation sites is 1. The van der Waals surface area contributed by atoms with Gasteiger partial charge in [0.15, 0.2) is 5.11 Å². The van der Waals surface area contributed by atoms with Crippen LogP contribution in [-0.4, -0.2) is 40.2 Å². The summed E-state index contributed by atoms with van der Waals surface area (Å²) < 4.78 is 5.27. The molecule has 1 unspecified atom stereocenters. The number of nitrogens with zero attached hydrogens (tertiary/aromatic N) is 2. The van der Waals surface area contributed by atoms with Crippen molar-refractivity contribution in [2.75, 3.05) is 31.1 Å². The van der Waals surface area contributed by atoms with Crippen molar-refractivity contribution in [2.45, 2.75) is 39.5 Å². The van der Waals surface area contributed by atoms with Gasteiger partial charge in [-0.05, 0) is 42.8 Å². The van der Waals surface area contributed by atoms with Crippen LogP contribution in [0, 0.1) is 0 Å². The van der Waals surface area contributed by atoms with Crippen LogP contribution in [-0.2, 0) is 0 Å². The summed E-state index contributed by atoms with van der Waals surface area (Å²) >= 11 is 5.52. The SMILES string of the molecule is CCCCN1C=C(c2ccccc2)N(CCCC)P1CCNC(=S)Nc1ccccc1. The Morgan fingerprint density at radius 1 is 0.903 bits per heavy atom. The highest BCUT2D eigenvalue weighted by Gasteiger charge is 2.32. The molecule has 0 fully saturated rings. The molecule has 1 heterocycles. The standard InChI is InChI=1S/C25H35N4PS/c1-3-5-18-28-21-24(22-13-9-7-10-14-22)29(19-6-4-2)30(28)20-17-26-25(31)27-23-15-11-8-12-16-23/h7-16,21H,3-6,17-20H2,1-2H3,(H2,26,27,31). The van der Waals surface area contributed by atoms with Crippen molar-refractivity contribution in [3.63, 3.8) is 0 Å². The third-order valence-electron chi connectivity index (χ3n) is 5.29. The topological polar surface area (TPSA) is 30.5 Å². The lowest BCUT2D eigenvalue weighted by molar-refractivity contribution is 0.536. The zero-order valence-electron chi connectivity index (χ0n) is 18.8. The summed E-state index contributed by atoms with van der Waals surface area (Å²) in [4.78, 5) is 0. The molecule has 0 saturated heterocycles. The van der Waals surface area contributed by atoms with Gasteiger partial charge < -0.3 is 20.0 Å². The number of rotatable bonds is 11. The minimum atomic E-state index is -0.424. The second-order valence-electron chi connectivity index (χ2n) is 7.72. The van der Waals surface area contributed by atoms with Gasteiger partial charge in [-0.3, -0.25) is 0 Å². The summed E-state index contributed by atoms with van der Waals surface area (Å²) in [7, 11) is -0.424. The number of anilines is 1. The number of hydrogen-bond acceptors (Lipinski definition) is 3. The lowest BCUT2D eigenvalue weighted by Crippen LogP contribution is -2.32. The number of unbranched alkanes of at least 4 members (excludes halogenated alkanes) is 2. The molecule has 0 amide bonds. The smallest absolute Gasteiger partial charge is 0.170 e. The molecule has 166 valence electrons. The minimum absolute atomic E-state index is 0.424. The molecular weight excluding hydrogens is 419 g/mol. The lowest BCUT2D eigenvalue weighted by Gasteiger charge is -2.34. The second-order valence-corrected chi connectivity index (χ2v) is 10.3. The Morgan fingerprint density at radius 3 is 2.23 bits per heavy atom. The third kappa shape index (κ3) is 6.95. The van der Waals surface area contributed by atoms with Crippen LogP contribution >= 0.6 is 20.4 Å². The van der Waals surface area contributed by atoms with Crippen LogP contribution in [0.4, 0.5) is 5.69 Å². The van der Waals surface area contributed by atoms with Crippen LogP contribution in [0.2, 0.25) is 0 Å². The van der Waals surface area contributed by atoms with Crippen molar-refractivity contribution in [2.24, 2.45) is 0 Å². The van der Waals surface area contributed by atoms with Crippen LogP contribution < -0.4 is 10.6 Å². The van der Waals surface area contributed by atoms with Gasteiger partial charge in [-0.2, -0.15) is 0 Å². The first-order valence-electron chi connectivity index (χ1n) is 11.4. The Hall–Kier alpha value is -2.10. The van der Waals surface area contributed by atoms with Gasteiger partial charge >= 0.3 is 0 Å². The van der Waals surface area contributed by atoms with E-state index in [1.807, 2.05) is 30.3 Å². The highest BCUT2D eigenvalue weighted by atomic mass is 32.1. The van der Waals surface area contributed by atoms with Gasteiger partial charge in [-0.15, -0.1) is 0 Å². The largest absolute Gasteiger partial charge is 0.362 e. The molecule has 1 atom stereocenters. The second kappa shape index (κ2) is 12.7. The Labute approximate surface area is 194 Å². The molecule has 0 aliphatic carbocycles. The van der Waals surface area contributed by atoms with Crippen molar-refractivity contribution in [1.82, 2.24) is 14.7 Å². The molecule has 6 heteroatoms. The van der Waals surface area contributed by atoms with Gasteiger partial charge in [-0.1, -0.05) is 75.2 Å². The molecule has 0 spiro atoms. The number of benzene rings is 2. The molecule has 0 saturated carbocycles. The monoisotopic (exact) mass is 454 g/mol. The number of hydrogen-bond donors (Lipinski definition) is 2. The Bertz CT molecular complexity index is 828. The molecule has 1 aliphatic rings. The van der Waals surface area contributed by atoms with Crippen LogP contribution in [0.15, 0.2) is 66.9 Å². The number of nitrogens with one attached hydrogen (secondary N) is 2. The fraction of sp³-hybridized carbons (Fsp3) is 0.400. The fourth-order valence-electron chi connectivity index (χ4n) is 3.63. The van der Waals surface area contributed by atoms with Crippen molar-refractivity contribution >= 4 is 36.9 Å². The molecule has 0 bridgehead atoms. The summed E-state index contributed by atoms with van der Waals surface area (Å²) in [5, 5.41) is 7.40. The molecular formula is C25H35N4PS. The van der Waals surface area contributed by atoms with E-state index in [4.69, 9.17) is 12.2 Å². The van der Waals surface area contributed by atoms with Gasteiger partial charge in [-0.25, -0.2) is 0 Å². The first kappa shape index (κ1) is 23.6. The van der Waals surface area contributed by atoms with Gasteiger partial charge in [0.05, 0.1) is 13.9 Å². The summed E-state index contributed by atoms with van der Waals surface area (Å²) in [6.07, 6.45) is 8.35. The normalized spacial score (nSPS) is 15.7. The van der Waals surface area contributed by atoms with Gasteiger partial charge in [0.25, 0.3) is 0 Å². The van der Waals surface area contributed by atoms with Crippen LogP contribution in [0.5, 0.6) is 0 Å². The molecule has 4 nitrogen and oxygen atoms in total. The molecule has 0 aromatic heterocycles. The van der Waals surface area contributed by atoms with Gasteiger partial charge in [0.1, 0.15) is 0 Å². The molecule has 2 aromatic carbocycles. The maximum Gasteiger partial charge on any atom is 0.170 e. The lowest BCUT2D eigenvalue weighted by atomic mass is 10.1. The van der Waals surface area contributed by atoms with Gasteiger partial charge in [0, 0.05) is 37.7 Å². The maximum absolute atomic E-state index is 5.52. The third-order valence-corrected chi connectivity index (χ3v) is 8.04. The summed E-state index contributed by atoms with van der Waals surface area (Å²) in [6.45, 7) is 7.64. The van der Waals surface area contributed by atoms with E-state index in [-0.39, 0.29) is 0 Å². The first-order valence-corrected chi connectivity index (χ1v) is 13.3. The average Bonchev–Trinajstić information content (AvgIpc) is 3.14. The molecule has 2 N–H and O–H groups in total. The highest BCUT2D eigenvalue weighted by Crippen LogP contribution is 2.54. The van der Waals surface area contributed by atoms with Crippen LogP contribution in [0.25, 0.3) is 5.70 Å². The Balaban J connectivity index is 1.66. The molecule has 0 radical (unpaired) electrons. The number of thiocarbonyl (C=S) groups is 1. The fourth-order valence-corrected chi connectivity index (χ4v) is 6.34.